The lowest BCUT2D eigenvalue weighted by molar-refractivity contribution is 0.201. The van der Waals surface area contributed by atoms with Crippen molar-refractivity contribution < 1.29 is 9.84 Å². The predicted octanol–water partition coefficient (Wildman–Crippen LogP) is 2.85. The number of halogens is 1. The minimum absolute atomic E-state index is 0.0224. The van der Waals surface area contributed by atoms with Gasteiger partial charge in [-0.1, -0.05) is 0 Å². The normalized spacial score (nSPS) is 10.6. The fourth-order valence-electron chi connectivity index (χ4n) is 2.20. The molecule has 1 N–H and O–H groups in total. The fourth-order valence-corrected chi connectivity index (χ4v) is 2.66. The summed E-state index contributed by atoms with van der Waals surface area (Å²) in [6.45, 7) is 0.237. The average molecular weight is 405 g/mol. The number of ether oxygens (including phenoxy) is 1. The van der Waals surface area contributed by atoms with Crippen molar-refractivity contribution in [2.24, 2.45) is 0 Å². The molecule has 0 fully saturated rings. The lowest BCUT2D eigenvalue weighted by Gasteiger charge is -2.04. The molecule has 5 nitrogen and oxygen atoms in total. The molecule has 22 heavy (non-hydrogen) atoms. The molecule has 0 spiro atoms. The molecule has 0 saturated heterocycles. The molecule has 0 unspecified atom stereocenters. The second-order valence-corrected chi connectivity index (χ2v) is 5.84. The van der Waals surface area contributed by atoms with Crippen molar-refractivity contribution in [3.05, 3.63) is 51.9 Å². The minimum atomic E-state index is -0.0224. The smallest absolute Gasteiger partial charge is 0.152 e. The van der Waals surface area contributed by atoms with Gasteiger partial charge >= 0.3 is 0 Å². The number of aliphatic hydroxyl groups excluding tert-OH is 1. The third-order valence-corrected chi connectivity index (χ3v) is 3.81. The van der Waals surface area contributed by atoms with E-state index in [0.717, 1.165) is 14.8 Å². The van der Waals surface area contributed by atoms with Crippen LogP contribution in [0.25, 0.3) is 16.9 Å². The average Bonchev–Trinajstić information content (AvgIpc) is 2.91. The summed E-state index contributed by atoms with van der Waals surface area (Å²) in [5.74, 6) is 0.676. The van der Waals surface area contributed by atoms with E-state index in [1.807, 2.05) is 30.5 Å². The van der Waals surface area contributed by atoms with Crippen molar-refractivity contribution in [3.8, 4) is 23.1 Å². The van der Waals surface area contributed by atoms with Gasteiger partial charge in [-0.25, -0.2) is 4.98 Å². The molecule has 0 amide bonds. The molecule has 0 saturated carbocycles. The largest absolute Gasteiger partial charge is 0.491 e. The monoisotopic (exact) mass is 405 g/mol. The van der Waals surface area contributed by atoms with Crippen LogP contribution in [0.5, 0.6) is 5.75 Å². The SMILES string of the molecule is N#Cc1c(-c2ccc(OCCO)cc2)nc2ccc(I)cn12. The quantitative estimate of drug-likeness (QED) is 0.678. The molecule has 0 aliphatic rings. The Bertz CT molecular complexity index is 850. The highest BCUT2D eigenvalue weighted by atomic mass is 127. The van der Waals surface area contributed by atoms with E-state index in [9.17, 15) is 5.26 Å². The first kappa shape index (κ1) is 14.8. The van der Waals surface area contributed by atoms with Crippen LogP contribution >= 0.6 is 22.6 Å². The van der Waals surface area contributed by atoms with Crippen LogP contribution in [0.4, 0.5) is 0 Å². The van der Waals surface area contributed by atoms with Gasteiger partial charge in [-0.3, -0.25) is 4.40 Å². The molecular weight excluding hydrogens is 393 g/mol. The Labute approximate surface area is 140 Å². The highest BCUT2D eigenvalue weighted by Gasteiger charge is 2.14. The fraction of sp³-hybridized carbons (Fsp3) is 0.125. The van der Waals surface area contributed by atoms with Crippen LogP contribution in [0, 0.1) is 14.9 Å². The summed E-state index contributed by atoms with van der Waals surface area (Å²) < 4.78 is 8.17. The highest BCUT2D eigenvalue weighted by molar-refractivity contribution is 14.1. The number of fused-ring (bicyclic) bond motifs is 1. The van der Waals surface area contributed by atoms with Gasteiger partial charge in [-0.2, -0.15) is 5.26 Å². The summed E-state index contributed by atoms with van der Waals surface area (Å²) in [6, 6.07) is 13.4. The second kappa shape index (κ2) is 6.34. The van der Waals surface area contributed by atoms with E-state index in [-0.39, 0.29) is 13.2 Å². The lowest BCUT2D eigenvalue weighted by atomic mass is 10.1. The first-order chi connectivity index (χ1) is 10.7. The van der Waals surface area contributed by atoms with Crippen molar-refractivity contribution in [2.75, 3.05) is 13.2 Å². The van der Waals surface area contributed by atoms with Gasteiger partial charge in [0.15, 0.2) is 5.69 Å². The van der Waals surface area contributed by atoms with Crippen LogP contribution in [0.2, 0.25) is 0 Å². The highest BCUT2D eigenvalue weighted by Crippen LogP contribution is 2.26. The molecule has 3 rings (SSSR count). The van der Waals surface area contributed by atoms with E-state index in [1.165, 1.54) is 0 Å². The van der Waals surface area contributed by atoms with Crippen LogP contribution in [-0.2, 0) is 0 Å². The van der Waals surface area contributed by atoms with Crippen LogP contribution < -0.4 is 4.74 Å². The zero-order valence-corrected chi connectivity index (χ0v) is 13.7. The molecule has 0 atom stereocenters. The molecule has 0 aliphatic heterocycles. The molecule has 0 aliphatic carbocycles. The zero-order chi connectivity index (χ0) is 15.5. The maximum absolute atomic E-state index is 9.46. The number of benzene rings is 1. The maximum atomic E-state index is 9.46. The molecule has 110 valence electrons. The number of imidazole rings is 1. The van der Waals surface area contributed by atoms with Gasteiger partial charge < -0.3 is 9.84 Å². The third kappa shape index (κ3) is 2.77. The Morgan fingerprint density at radius 1 is 1.23 bits per heavy atom. The third-order valence-electron chi connectivity index (χ3n) is 3.18. The first-order valence-corrected chi connectivity index (χ1v) is 7.72. The van der Waals surface area contributed by atoms with Crippen molar-refractivity contribution in [3.63, 3.8) is 0 Å². The van der Waals surface area contributed by atoms with E-state index >= 15 is 0 Å². The number of rotatable bonds is 4. The summed E-state index contributed by atoms with van der Waals surface area (Å²) in [5.41, 5.74) is 2.76. The van der Waals surface area contributed by atoms with Crippen molar-refractivity contribution in [1.82, 2.24) is 9.38 Å². The maximum Gasteiger partial charge on any atom is 0.152 e. The molecule has 0 radical (unpaired) electrons. The number of hydrogen-bond acceptors (Lipinski definition) is 4. The van der Waals surface area contributed by atoms with Crippen molar-refractivity contribution in [1.29, 1.82) is 5.26 Å². The molecule has 1 aromatic carbocycles. The Morgan fingerprint density at radius 2 is 2.00 bits per heavy atom. The van der Waals surface area contributed by atoms with E-state index < -0.39 is 0 Å². The van der Waals surface area contributed by atoms with Gasteiger partial charge in [0.1, 0.15) is 29.8 Å². The van der Waals surface area contributed by atoms with Gasteiger partial charge in [0.25, 0.3) is 0 Å². The van der Waals surface area contributed by atoms with Gasteiger partial charge in [0.05, 0.1) is 6.61 Å². The van der Waals surface area contributed by atoms with Crippen LogP contribution in [0.15, 0.2) is 42.6 Å². The number of nitriles is 1. The van der Waals surface area contributed by atoms with Gasteiger partial charge in [-0.05, 0) is 59.0 Å². The zero-order valence-electron chi connectivity index (χ0n) is 11.5. The number of aliphatic hydroxyl groups is 1. The number of pyridine rings is 1. The van der Waals surface area contributed by atoms with E-state index in [1.54, 1.807) is 16.5 Å². The first-order valence-electron chi connectivity index (χ1n) is 6.64. The van der Waals surface area contributed by atoms with Crippen molar-refractivity contribution >= 4 is 28.2 Å². The molecular formula is C16H12IN3O2. The van der Waals surface area contributed by atoms with Crippen LogP contribution in [0.1, 0.15) is 5.69 Å². The van der Waals surface area contributed by atoms with Gasteiger partial charge in [0, 0.05) is 15.3 Å². The van der Waals surface area contributed by atoms with Crippen molar-refractivity contribution in [2.45, 2.75) is 0 Å². The Kier molecular flexibility index (Phi) is 4.27. The standard InChI is InChI=1S/C16H12IN3O2/c17-12-3-6-15-19-16(14(9-18)20(15)10-12)11-1-4-13(5-2-11)22-8-7-21/h1-6,10,21H,7-8H2. The molecule has 2 aromatic heterocycles. The van der Waals surface area contributed by atoms with Gasteiger partial charge in [-0.15, -0.1) is 0 Å². The summed E-state index contributed by atoms with van der Waals surface area (Å²) in [7, 11) is 0. The van der Waals surface area contributed by atoms with Gasteiger partial charge in [0.2, 0.25) is 0 Å². The summed E-state index contributed by atoms with van der Waals surface area (Å²) in [5, 5.41) is 18.2. The number of aromatic nitrogens is 2. The number of nitrogens with zero attached hydrogens (tertiary/aromatic N) is 3. The summed E-state index contributed by atoms with van der Waals surface area (Å²) in [4.78, 5) is 4.54. The minimum Gasteiger partial charge on any atom is -0.491 e. The van der Waals surface area contributed by atoms with Crippen LogP contribution in [-0.4, -0.2) is 27.7 Å². The predicted molar refractivity (Wildman–Crippen MR) is 90.6 cm³/mol. The molecule has 0 bridgehead atoms. The Morgan fingerprint density at radius 3 is 2.68 bits per heavy atom. The van der Waals surface area contributed by atoms with E-state index in [2.05, 4.69) is 33.6 Å². The Balaban J connectivity index is 2.04. The topological polar surface area (TPSA) is 70.5 Å². The molecule has 3 aromatic rings. The lowest BCUT2D eigenvalue weighted by Crippen LogP contribution is -2.01. The van der Waals surface area contributed by atoms with E-state index in [4.69, 9.17) is 9.84 Å². The molecule has 6 heteroatoms. The summed E-state index contributed by atoms with van der Waals surface area (Å²) in [6.07, 6.45) is 1.89. The van der Waals surface area contributed by atoms with Crippen LogP contribution in [0.3, 0.4) is 0 Å². The second-order valence-electron chi connectivity index (χ2n) is 4.59. The number of hydrogen-bond donors (Lipinski definition) is 1. The molecule has 2 heterocycles. The Hall–Kier alpha value is -2.11. The van der Waals surface area contributed by atoms with E-state index in [0.29, 0.717) is 17.1 Å². The summed E-state index contributed by atoms with van der Waals surface area (Å²) >= 11 is 2.21.